The minimum absolute atomic E-state index is 0.334. The van der Waals surface area contributed by atoms with E-state index in [0.717, 1.165) is 51.0 Å². The topological polar surface area (TPSA) is 52.7 Å². The first-order valence-corrected chi connectivity index (χ1v) is 11.6. The highest BCUT2D eigenvalue weighted by Crippen LogP contribution is 2.18. The molecule has 6 heteroatoms. The van der Waals surface area contributed by atoms with Crippen LogP contribution >= 0.6 is 0 Å². The largest absolute Gasteiger partial charge is 0.369 e. The van der Waals surface area contributed by atoms with Crippen molar-refractivity contribution < 1.29 is 8.42 Å². The molecule has 1 heterocycles. The lowest BCUT2D eigenvalue weighted by Crippen LogP contribution is -2.44. The Hall–Kier alpha value is -1.89. The summed E-state index contributed by atoms with van der Waals surface area (Å²) >= 11 is 0. The van der Waals surface area contributed by atoms with Gasteiger partial charge in [0.1, 0.15) is 0 Å². The standard InChI is InChI=1S/C22H31N3O2S/c1-3-19-8-12-22(13-9-19)28(26,27)23-14-4-5-20-6-10-21(11-7-20)25-17-15-24(2)16-18-25/h6-13,23H,3-5,14-18H2,1-2H3. The van der Waals surface area contributed by atoms with Crippen molar-refractivity contribution in [2.75, 3.05) is 44.7 Å². The third-order valence-corrected chi connectivity index (χ3v) is 6.86. The number of rotatable bonds is 8. The van der Waals surface area contributed by atoms with Gasteiger partial charge >= 0.3 is 0 Å². The Balaban J connectivity index is 1.45. The molecule has 2 aromatic carbocycles. The molecule has 0 atom stereocenters. The summed E-state index contributed by atoms with van der Waals surface area (Å²) in [4.78, 5) is 5.10. The normalized spacial score (nSPS) is 15.7. The van der Waals surface area contributed by atoms with E-state index in [9.17, 15) is 8.42 Å². The zero-order chi connectivity index (χ0) is 20.0. The molecule has 1 fully saturated rings. The van der Waals surface area contributed by atoms with E-state index in [1.807, 2.05) is 12.1 Å². The summed E-state index contributed by atoms with van der Waals surface area (Å²) in [6.07, 6.45) is 2.54. The highest BCUT2D eigenvalue weighted by atomic mass is 32.2. The van der Waals surface area contributed by atoms with E-state index in [0.29, 0.717) is 11.4 Å². The van der Waals surface area contributed by atoms with Gasteiger partial charge in [-0.25, -0.2) is 13.1 Å². The molecule has 0 aliphatic carbocycles. The monoisotopic (exact) mass is 401 g/mol. The molecule has 1 aliphatic rings. The number of nitrogens with one attached hydrogen (secondary N) is 1. The van der Waals surface area contributed by atoms with E-state index in [1.165, 1.54) is 11.3 Å². The fourth-order valence-electron chi connectivity index (χ4n) is 3.42. The second-order valence-corrected chi connectivity index (χ2v) is 9.22. The van der Waals surface area contributed by atoms with Crippen LogP contribution in [0.4, 0.5) is 5.69 Å². The Kier molecular flexibility index (Phi) is 7.10. The Labute approximate surface area is 169 Å². The molecule has 5 nitrogen and oxygen atoms in total. The Morgan fingerprint density at radius 1 is 0.893 bits per heavy atom. The Morgan fingerprint density at radius 3 is 2.11 bits per heavy atom. The smallest absolute Gasteiger partial charge is 0.240 e. The van der Waals surface area contributed by atoms with Crippen molar-refractivity contribution in [1.29, 1.82) is 0 Å². The summed E-state index contributed by atoms with van der Waals surface area (Å²) in [5.74, 6) is 0. The predicted molar refractivity (Wildman–Crippen MR) is 115 cm³/mol. The van der Waals surface area contributed by atoms with E-state index in [4.69, 9.17) is 0 Å². The second-order valence-electron chi connectivity index (χ2n) is 7.46. The molecule has 152 valence electrons. The number of sulfonamides is 1. The maximum absolute atomic E-state index is 12.4. The molecule has 0 saturated carbocycles. The van der Waals surface area contributed by atoms with Gasteiger partial charge in [-0.3, -0.25) is 0 Å². The molecule has 0 spiro atoms. The summed E-state index contributed by atoms with van der Waals surface area (Å²) in [7, 11) is -1.26. The highest BCUT2D eigenvalue weighted by Gasteiger charge is 2.14. The number of hydrogen-bond acceptors (Lipinski definition) is 4. The van der Waals surface area contributed by atoms with Gasteiger partial charge in [0.2, 0.25) is 10.0 Å². The molecule has 3 rings (SSSR count). The van der Waals surface area contributed by atoms with Crippen LogP contribution in [0.15, 0.2) is 53.4 Å². The van der Waals surface area contributed by atoms with Crippen molar-refractivity contribution >= 4 is 15.7 Å². The van der Waals surface area contributed by atoms with Crippen LogP contribution in [-0.4, -0.2) is 53.1 Å². The molecular formula is C22H31N3O2S. The van der Waals surface area contributed by atoms with Gasteiger partial charge in [-0.15, -0.1) is 0 Å². The number of aryl methyl sites for hydroxylation is 2. The van der Waals surface area contributed by atoms with Crippen molar-refractivity contribution in [1.82, 2.24) is 9.62 Å². The van der Waals surface area contributed by atoms with E-state index in [-0.39, 0.29) is 0 Å². The highest BCUT2D eigenvalue weighted by molar-refractivity contribution is 7.89. The van der Waals surface area contributed by atoms with E-state index >= 15 is 0 Å². The quantitative estimate of drug-likeness (QED) is 0.691. The molecule has 2 aromatic rings. The fraction of sp³-hybridized carbons (Fsp3) is 0.455. The molecule has 0 unspecified atom stereocenters. The number of anilines is 1. The third-order valence-electron chi connectivity index (χ3n) is 5.38. The third kappa shape index (κ3) is 5.56. The molecule has 0 amide bonds. The zero-order valence-electron chi connectivity index (χ0n) is 16.9. The van der Waals surface area contributed by atoms with Gasteiger partial charge in [0.05, 0.1) is 4.90 Å². The summed E-state index contributed by atoms with van der Waals surface area (Å²) in [5, 5.41) is 0. The molecule has 0 bridgehead atoms. The summed E-state index contributed by atoms with van der Waals surface area (Å²) in [6.45, 7) is 6.83. The van der Waals surface area contributed by atoms with Crippen LogP contribution in [0.25, 0.3) is 0 Å². The van der Waals surface area contributed by atoms with Crippen molar-refractivity contribution in [3.05, 3.63) is 59.7 Å². The van der Waals surface area contributed by atoms with Crippen molar-refractivity contribution in [2.24, 2.45) is 0 Å². The van der Waals surface area contributed by atoms with Crippen LogP contribution in [0.3, 0.4) is 0 Å². The van der Waals surface area contributed by atoms with Crippen molar-refractivity contribution in [3.8, 4) is 0 Å². The lowest BCUT2D eigenvalue weighted by Gasteiger charge is -2.34. The molecular weight excluding hydrogens is 370 g/mol. The van der Waals surface area contributed by atoms with Gasteiger partial charge in [0, 0.05) is 38.4 Å². The number of nitrogens with zero attached hydrogens (tertiary/aromatic N) is 2. The minimum Gasteiger partial charge on any atom is -0.369 e. The van der Waals surface area contributed by atoms with Gasteiger partial charge in [-0.05, 0) is 61.7 Å². The SMILES string of the molecule is CCc1ccc(S(=O)(=O)NCCCc2ccc(N3CCN(C)CC3)cc2)cc1. The van der Waals surface area contributed by atoms with Gasteiger partial charge in [-0.2, -0.15) is 0 Å². The van der Waals surface area contributed by atoms with Crippen molar-refractivity contribution in [3.63, 3.8) is 0 Å². The first kappa shape index (κ1) is 20.8. The number of benzene rings is 2. The molecule has 1 aliphatic heterocycles. The summed E-state index contributed by atoms with van der Waals surface area (Å²) in [6, 6.07) is 15.8. The van der Waals surface area contributed by atoms with Gasteiger partial charge in [-0.1, -0.05) is 31.2 Å². The van der Waals surface area contributed by atoms with Crippen LogP contribution in [-0.2, 0) is 22.9 Å². The predicted octanol–water partition coefficient (Wildman–Crippen LogP) is 2.91. The lowest BCUT2D eigenvalue weighted by molar-refractivity contribution is 0.313. The van der Waals surface area contributed by atoms with Crippen LogP contribution in [0.5, 0.6) is 0 Å². The number of hydrogen-bond donors (Lipinski definition) is 1. The summed E-state index contributed by atoms with van der Waals surface area (Å²) in [5.41, 5.74) is 3.65. The molecule has 0 aromatic heterocycles. The molecule has 0 radical (unpaired) electrons. The lowest BCUT2D eigenvalue weighted by atomic mass is 10.1. The zero-order valence-corrected chi connectivity index (χ0v) is 17.7. The minimum atomic E-state index is -3.43. The molecule has 1 N–H and O–H groups in total. The maximum atomic E-state index is 12.4. The van der Waals surface area contributed by atoms with Crippen molar-refractivity contribution in [2.45, 2.75) is 31.1 Å². The van der Waals surface area contributed by atoms with Gasteiger partial charge in [0.15, 0.2) is 0 Å². The Morgan fingerprint density at radius 2 is 1.50 bits per heavy atom. The van der Waals surface area contributed by atoms with Gasteiger partial charge < -0.3 is 9.80 Å². The van der Waals surface area contributed by atoms with Crippen LogP contribution in [0.2, 0.25) is 0 Å². The first-order chi connectivity index (χ1) is 13.5. The Bertz CT molecular complexity index is 840. The molecule has 1 saturated heterocycles. The van der Waals surface area contributed by atoms with E-state index in [1.54, 1.807) is 12.1 Å². The van der Waals surface area contributed by atoms with Crippen LogP contribution < -0.4 is 9.62 Å². The molecule has 28 heavy (non-hydrogen) atoms. The van der Waals surface area contributed by atoms with Crippen LogP contribution in [0.1, 0.15) is 24.5 Å². The van der Waals surface area contributed by atoms with E-state index < -0.39 is 10.0 Å². The average Bonchev–Trinajstić information content (AvgIpc) is 2.72. The van der Waals surface area contributed by atoms with Gasteiger partial charge in [0.25, 0.3) is 0 Å². The average molecular weight is 402 g/mol. The first-order valence-electron chi connectivity index (χ1n) is 10.1. The van der Waals surface area contributed by atoms with Crippen LogP contribution in [0, 0.1) is 0 Å². The second kappa shape index (κ2) is 9.54. The number of likely N-dealkylation sites (N-methyl/N-ethyl adjacent to an activating group) is 1. The van der Waals surface area contributed by atoms with E-state index in [2.05, 4.69) is 52.8 Å². The maximum Gasteiger partial charge on any atom is 0.240 e. The fourth-order valence-corrected chi connectivity index (χ4v) is 4.50. The summed E-state index contributed by atoms with van der Waals surface area (Å²) < 4.78 is 27.4. The number of piperazine rings is 1.